The van der Waals surface area contributed by atoms with E-state index < -0.39 is 0 Å². The number of allylic oxidation sites excluding steroid dienone is 2. The van der Waals surface area contributed by atoms with Crippen LogP contribution < -0.4 is 0 Å². The molecular formula is C5H5ClN2S. The first-order valence-electron chi connectivity index (χ1n) is 2.19. The smallest absolute Gasteiger partial charge is 0.160 e. The molecule has 48 valence electrons. The van der Waals surface area contributed by atoms with Gasteiger partial charge < -0.3 is 0 Å². The van der Waals surface area contributed by atoms with Gasteiger partial charge in [-0.2, -0.15) is 5.26 Å². The summed E-state index contributed by atoms with van der Waals surface area (Å²) in [7, 11) is 0. The normalized spacial score (nSPS) is 10.6. The van der Waals surface area contributed by atoms with E-state index in [1.165, 1.54) is 0 Å². The van der Waals surface area contributed by atoms with Crippen LogP contribution in [0.1, 0.15) is 6.92 Å². The highest BCUT2D eigenvalue weighted by molar-refractivity contribution is 8.20. The average molecular weight is 161 g/mol. The first-order valence-corrected chi connectivity index (χ1v) is 3.38. The van der Waals surface area contributed by atoms with Gasteiger partial charge in [-0.15, -0.1) is 0 Å². The van der Waals surface area contributed by atoms with E-state index in [1.807, 2.05) is 6.07 Å². The van der Waals surface area contributed by atoms with E-state index in [0.29, 0.717) is 4.91 Å². The lowest BCUT2D eigenvalue weighted by atomic mass is 10.6. The molecule has 0 aromatic rings. The maximum absolute atomic E-state index is 8.28. The van der Waals surface area contributed by atoms with Gasteiger partial charge in [-0.25, -0.2) is 0 Å². The molecular weight excluding hydrogens is 156 g/mol. The van der Waals surface area contributed by atoms with Crippen molar-refractivity contribution >= 4 is 27.9 Å². The zero-order valence-electron chi connectivity index (χ0n) is 4.81. The van der Waals surface area contributed by atoms with Crippen molar-refractivity contribution in [2.24, 2.45) is 0 Å². The van der Waals surface area contributed by atoms with Crippen molar-refractivity contribution in [3.63, 3.8) is 0 Å². The van der Waals surface area contributed by atoms with Crippen LogP contribution in [0.2, 0.25) is 0 Å². The van der Waals surface area contributed by atoms with Crippen LogP contribution in [0.3, 0.4) is 0 Å². The monoisotopic (exact) mass is 160 g/mol. The number of thioether (sulfide) groups is 1. The highest BCUT2D eigenvalue weighted by Crippen LogP contribution is 2.16. The molecule has 0 unspecified atom stereocenters. The number of nitrogens with zero attached hydrogens (tertiary/aromatic N) is 1. The quantitative estimate of drug-likeness (QED) is 0.364. The number of halogens is 1. The molecule has 0 heterocycles. The van der Waals surface area contributed by atoms with Gasteiger partial charge in [0.05, 0.1) is 4.91 Å². The molecule has 0 aliphatic heterocycles. The van der Waals surface area contributed by atoms with Gasteiger partial charge in [0.15, 0.2) is 4.50 Å². The molecule has 0 spiro atoms. The first kappa shape index (κ1) is 8.54. The van der Waals surface area contributed by atoms with Crippen molar-refractivity contribution in [2.45, 2.75) is 6.92 Å². The number of hydrogen-bond acceptors (Lipinski definition) is 3. The fraction of sp³-hybridized carbons (Fsp3) is 0.200. The molecule has 0 amide bonds. The summed E-state index contributed by atoms with van der Waals surface area (Å²) in [6.45, 7) is 1.73. The fourth-order valence-corrected chi connectivity index (χ4v) is 0.849. The Kier molecular flexibility index (Phi) is 4.20. The van der Waals surface area contributed by atoms with Crippen molar-refractivity contribution in [1.82, 2.24) is 0 Å². The maximum Gasteiger partial charge on any atom is 0.160 e. The minimum absolute atomic E-state index is 0.0790. The Hall–Kier alpha value is -0.460. The zero-order valence-corrected chi connectivity index (χ0v) is 6.38. The Morgan fingerprint density at radius 2 is 2.44 bits per heavy atom. The molecule has 0 atom stereocenters. The summed E-state index contributed by atoms with van der Waals surface area (Å²) < 4.78 is -0.0790. The summed E-state index contributed by atoms with van der Waals surface area (Å²) in [6.07, 6.45) is 1.61. The van der Waals surface area contributed by atoms with Crippen molar-refractivity contribution in [2.75, 3.05) is 0 Å². The first-order chi connectivity index (χ1) is 4.20. The van der Waals surface area contributed by atoms with Crippen LogP contribution in [0.4, 0.5) is 0 Å². The summed E-state index contributed by atoms with van der Waals surface area (Å²) in [4.78, 5) is 0.454. The van der Waals surface area contributed by atoms with E-state index in [0.717, 1.165) is 11.8 Å². The fourth-order valence-electron chi connectivity index (χ4n) is 0.243. The number of rotatable bonds is 1. The number of nitrogens with one attached hydrogen (secondary N) is 1. The van der Waals surface area contributed by atoms with Gasteiger partial charge in [0, 0.05) is 0 Å². The lowest BCUT2D eigenvalue weighted by Gasteiger charge is -1.88. The predicted octanol–water partition coefficient (Wildman–Crippen LogP) is 2.32. The van der Waals surface area contributed by atoms with Gasteiger partial charge in [-0.1, -0.05) is 17.7 Å². The molecule has 0 aliphatic rings. The second-order valence-corrected chi connectivity index (χ2v) is 2.79. The third kappa shape index (κ3) is 4.07. The summed E-state index contributed by atoms with van der Waals surface area (Å²) in [5.41, 5.74) is 0. The summed E-state index contributed by atoms with van der Waals surface area (Å²) in [6, 6.07) is 1.88. The lowest BCUT2D eigenvalue weighted by molar-refractivity contribution is 1.52. The van der Waals surface area contributed by atoms with Crippen molar-refractivity contribution in [3.05, 3.63) is 11.0 Å². The van der Waals surface area contributed by atoms with E-state index in [9.17, 15) is 0 Å². The predicted molar refractivity (Wildman–Crippen MR) is 40.5 cm³/mol. The summed E-state index contributed by atoms with van der Waals surface area (Å²) in [5, 5.41) is 15.0. The van der Waals surface area contributed by atoms with Crippen LogP contribution in [0.5, 0.6) is 0 Å². The Labute approximate surface area is 63.0 Å². The lowest BCUT2D eigenvalue weighted by Crippen LogP contribution is -1.74. The van der Waals surface area contributed by atoms with E-state index in [1.54, 1.807) is 13.0 Å². The molecule has 2 nitrogen and oxygen atoms in total. The number of hydrogen-bond donors (Lipinski definition) is 1. The Morgan fingerprint density at radius 1 is 1.89 bits per heavy atom. The van der Waals surface area contributed by atoms with Crippen LogP contribution in [-0.4, -0.2) is 4.50 Å². The third-order valence-corrected chi connectivity index (χ3v) is 1.53. The molecule has 0 bridgehead atoms. The molecule has 0 saturated carbocycles. The summed E-state index contributed by atoms with van der Waals surface area (Å²) >= 11 is 6.13. The molecule has 0 aromatic heterocycles. The largest absolute Gasteiger partial charge is 0.283 e. The molecule has 0 saturated heterocycles. The number of nitriles is 1. The van der Waals surface area contributed by atoms with Crippen molar-refractivity contribution in [1.29, 1.82) is 10.7 Å². The van der Waals surface area contributed by atoms with Gasteiger partial charge in [0.25, 0.3) is 0 Å². The van der Waals surface area contributed by atoms with Gasteiger partial charge >= 0.3 is 0 Å². The van der Waals surface area contributed by atoms with Crippen molar-refractivity contribution < 1.29 is 0 Å². The minimum Gasteiger partial charge on any atom is -0.283 e. The topological polar surface area (TPSA) is 47.6 Å². The SMILES string of the molecule is C/C=C(/C#N)SC(=N)Cl. The molecule has 0 radical (unpaired) electrons. The molecule has 0 aromatic carbocycles. The van der Waals surface area contributed by atoms with Crippen molar-refractivity contribution in [3.8, 4) is 6.07 Å². The van der Waals surface area contributed by atoms with Gasteiger partial charge in [-0.3, -0.25) is 5.41 Å². The molecule has 0 aliphatic carbocycles. The zero-order chi connectivity index (χ0) is 7.28. The third-order valence-electron chi connectivity index (χ3n) is 0.572. The van der Waals surface area contributed by atoms with Crippen LogP contribution in [0.25, 0.3) is 0 Å². The maximum atomic E-state index is 8.28. The summed E-state index contributed by atoms with van der Waals surface area (Å²) in [5.74, 6) is 0. The molecule has 4 heteroatoms. The van der Waals surface area contributed by atoms with Gasteiger partial charge in [-0.05, 0) is 18.7 Å². The Balaban J connectivity index is 3.91. The van der Waals surface area contributed by atoms with E-state index >= 15 is 0 Å². The second kappa shape index (κ2) is 4.42. The van der Waals surface area contributed by atoms with Gasteiger partial charge in [0.1, 0.15) is 6.07 Å². The molecule has 0 fully saturated rings. The Morgan fingerprint density at radius 3 is 2.56 bits per heavy atom. The average Bonchev–Trinajstić information content (AvgIpc) is 1.82. The van der Waals surface area contributed by atoms with Gasteiger partial charge in [0.2, 0.25) is 0 Å². The van der Waals surface area contributed by atoms with Crippen LogP contribution >= 0.6 is 23.4 Å². The van der Waals surface area contributed by atoms with Crippen LogP contribution in [0.15, 0.2) is 11.0 Å². The van der Waals surface area contributed by atoms with E-state index in [-0.39, 0.29) is 4.50 Å². The highest BCUT2D eigenvalue weighted by atomic mass is 35.5. The van der Waals surface area contributed by atoms with E-state index in [2.05, 4.69) is 0 Å². The van der Waals surface area contributed by atoms with E-state index in [4.69, 9.17) is 22.3 Å². The molecule has 0 rings (SSSR count). The minimum atomic E-state index is -0.0790. The van der Waals surface area contributed by atoms with Crippen LogP contribution in [-0.2, 0) is 0 Å². The molecule has 9 heavy (non-hydrogen) atoms. The standard InChI is InChI=1S/C5H5ClN2S/c1-2-4(3-7)9-5(6)8/h2,8H,1H3/b4-2-,8-5?. The Bertz CT molecular complexity index is 180. The highest BCUT2D eigenvalue weighted by Gasteiger charge is 1.96. The van der Waals surface area contributed by atoms with Crippen LogP contribution in [0, 0.1) is 16.7 Å². The second-order valence-electron chi connectivity index (χ2n) is 1.14. The molecule has 1 N–H and O–H groups in total.